The van der Waals surface area contributed by atoms with Gasteiger partial charge in [-0.05, 0) is 41.6 Å². The van der Waals surface area contributed by atoms with Crippen LogP contribution in [0.25, 0.3) is 10.7 Å². The summed E-state index contributed by atoms with van der Waals surface area (Å²) < 4.78 is 11.0. The molecule has 11 heteroatoms. The molecule has 1 saturated heterocycles. The van der Waals surface area contributed by atoms with Crippen molar-refractivity contribution < 1.29 is 19.1 Å². The summed E-state index contributed by atoms with van der Waals surface area (Å²) in [7, 11) is 1.52. The third kappa shape index (κ3) is 5.29. The van der Waals surface area contributed by atoms with Crippen LogP contribution in [0.2, 0.25) is 0 Å². The second-order valence-electron chi connectivity index (χ2n) is 7.21. The Morgan fingerprint density at radius 3 is 2.94 bits per heavy atom. The first-order chi connectivity index (χ1) is 15.6. The van der Waals surface area contributed by atoms with Gasteiger partial charge in [0.1, 0.15) is 18.8 Å². The third-order valence-corrected chi connectivity index (χ3v) is 5.87. The predicted octanol–water partition coefficient (Wildman–Crippen LogP) is 1.74. The van der Waals surface area contributed by atoms with Crippen molar-refractivity contribution in [3.05, 3.63) is 41.8 Å². The molecule has 1 aliphatic heterocycles. The molecule has 1 atom stereocenters. The fourth-order valence-electron chi connectivity index (χ4n) is 3.41. The zero-order valence-corrected chi connectivity index (χ0v) is 18.5. The summed E-state index contributed by atoms with van der Waals surface area (Å²) in [5.41, 5.74) is 0.492. The number of nitrogens with one attached hydrogen (secondary N) is 1. The van der Waals surface area contributed by atoms with Crippen molar-refractivity contribution in [2.24, 2.45) is 0 Å². The van der Waals surface area contributed by atoms with Gasteiger partial charge in [0.05, 0.1) is 23.8 Å². The lowest BCUT2D eigenvalue weighted by molar-refractivity contribution is -0.124. The summed E-state index contributed by atoms with van der Waals surface area (Å²) in [6.07, 6.45) is 1.93. The number of carbonyl (C=O) groups excluding carboxylic acids is 2. The number of methoxy groups -OCH3 is 1. The average molecular weight is 457 g/mol. The molecule has 4 rings (SSSR count). The number of ether oxygens (including phenoxy) is 2. The van der Waals surface area contributed by atoms with E-state index in [1.54, 1.807) is 24.3 Å². The van der Waals surface area contributed by atoms with Gasteiger partial charge < -0.3 is 14.8 Å². The van der Waals surface area contributed by atoms with Crippen LogP contribution in [0.5, 0.6) is 5.75 Å². The Balaban J connectivity index is 1.49. The van der Waals surface area contributed by atoms with E-state index in [1.807, 2.05) is 17.5 Å². The summed E-state index contributed by atoms with van der Waals surface area (Å²) in [5.74, 6) is 0.284. The lowest BCUT2D eigenvalue weighted by Crippen LogP contribution is -2.44. The molecule has 0 bridgehead atoms. The molecule has 0 spiro atoms. The summed E-state index contributed by atoms with van der Waals surface area (Å²) in [5, 5.41) is 17.1. The lowest BCUT2D eigenvalue weighted by atomic mass is 10.2. The van der Waals surface area contributed by atoms with Crippen LogP contribution in [0.4, 0.5) is 5.69 Å². The van der Waals surface area contributed by atoms with Gasteiger partial charge in [0.15, 0.2) is 0 Å². The highest BCUT2D eigenvalue weighted by atomic mass is 32.1. The van der Waals surface area contributed by atoms with E-state index in [-0.39, 0.29) is 31.0 Å². The number of para-hydroxylation sites is 2. The first-order valence-electron chi connectivity index (χ1n) is 10.3. The topological polar surface area (TPSA) is 111 Å². The minimum atomic E-state index is -0.364. The number of benzene rings is 1. The van der Waals surface area contributed by atoms with Gasteiger partial charge in [0, 0.05) is 13.2 Å². The second-order valence-corrected chi connectivity index (χ2v) is 8.16. The minimum Gasteiger partial charge on any atom is -0.495 e. The molecule has 0 saturated carbocycles. The van der Waals surface area contributed by atoms with E-state index < -0.39 is 0 Å². The van der Waals surface area contributed by atoms with Crippen molar-refractivity contribution in [2.45, 2.75) is 25.5 Å². The van der Waals surface area contributed by atoms with Gasteiger partial charge in [-0.3, -0.25) is 14.5 Å². The number of amides is 2. The van der Waals surface area contributed by atoms with Crippen LogP contribution < -0.4 is 15.0 Å². The number of aromatic nitrogens is 4. The third-order valence-electron chi connectivity index (χ3n) is 5.00. The molecule has 1 aromatic carbocycles. The van der Waals surface area contributed by atoms with Crippen molar-refractivity contribution in [1.29, 1.82) is 0 Å². The highest BCUT2D eigenvalue weighted by molar-refractivity contribution is 7.13. The number of anilines is 1. The van der Waals surface area contributed by atoms with Crippen LogP contribution >= 0.6 is 11.3 Å². The Bertz CT molecular complexity index is 1050. The van der Waals surface area contributed by atoms with Gasteiger partial charge in [-0.25, -0.2) is 0 Å². The van der Waals surface area contributed by atoms with E-state index in [2.05, 4.69) is 20.7 Å². The summed E-state index contributed by atoms with van der Waals surface area (Å²) >= 11 is 1.49. The van der Waals surface area contributed by atoms with Gasteiger partial charge in [-0.15, -0.1) is 21.5 Å². The maximum Gasteiger partial charge on any atom is 0.251 e. The van der Waals surface area contributed by atoms with Gasteiger partial charge in [-0.2, -0.15) is 4.80 Å². The minimum absolute atomic E-state index is 0.0179. The molecule has 0 aliphatic carbocycles. The molecule has 3 heterocycles. The van der Waals surface area contributed by atoms with Gasteiger partial charge in [0.25, 0.3) is 5.91 Å². The quantitative estimate of drug-likeness (QED) is 0.522. The Hall–Kier alpha value is -3.31. The van der Waals surface area contributed by atoms with Crippen LogP contribution in [-0.2, 0) is 20.9 Å². The fraction of sp³-hybridized carbons (Fsp3) is 0.381. The molecular weight excluding hydrogens is 432 g/mol. The normalized spacial score (nSPS) is 15.5. The smallest absolute Gasteiger partial charge is 0.251 e. The first-order valence-corrected chi connectivity index (χ1v) is 11.2. The molecule has 0 unspecified atom stereocenters. The summed E-state index contributed by atoms with van der Waals surface area (Å²) in [4.78, 5) is 29.3. The molecule has 1 fully saturated rings. The Morgan fingerprint density at radius 1 is 1.31 bits per heavy atom. The summed E-state index contributed by atoms with van der Waals surface area (Å²) in [6, 6.07) is 10.8. The van der Waals surface area contributed by atoms with Crippen molar-refractivity contribution in [2.75, 3.05) is 31.7 Å². The van der Waals surface area contributed by atoms with E-state index in [4.69, 9.17) is 9.47 Å². The van der Waals surface area contributed by atoms with E-state index in [9.17, 15) is 9.59 Å². The number of thiophene rings is 1. The highest BCUT2D eigenvalue weighted by Crippen LogP contribution is 2.28. The molecule has 0 radical (unpaired) electrons. The van der Waals surface area contributed by atoms with Crippen LogP contribution in [0, 0.1) is 0 Å². The van der Waals surface area contributed by atoms with Crippen LogP contribution in [0.3, 0.4) is 0 Å². The first kappa shape index (κ1) is 21.9. The molecule has 3 aromatic rings. The number of rotatable bonds is 9. The maximum atomic E-state index is 13.2. The van der Waals surface area contributed by atoms with Crippen molar-refractivity contribution in [3.63, 3.8) is 0 Å². The Morgan fingerprint density at radius 2 is 2.19 bits per heavy atom. The monoisotopic (exact) mass is 456 g/mol. The maximum absolute atomic E-state index is 13.2. The SMILES string of the molecule is COc1ccccc1N(CC(=O)NC[C@H]1CCCO1)C(=O)Cn1nnc(-c2cccs2)n1. The zero-order valence-electron chi connectivity index (χ0n) is 17.6. The number of tetrazole rings is 1. The van der Waals surface area contributed by atoms with Crippen molar-refractivity contribution in [1.82, 2.24) is 25.5 Å². The molecule has 1 aliphatic rings. The standard InChI is InChI=1S/C21H24N6O4S/c1-30-17-8-3-2-7-16(17)26(13-19(28)22-12-15-6-4-10-31-15)20(29)14-27-24-21(23-25-27)18-9-5-11-32-18/h2-3,5,7-9,11,15H,4,6,10,12-14H2,1H3,(H,22,28)/t15-/m1/s1. The van der Waals surface area contributed by atoms with Crippen molar-refractivity contribution in [3.8, 4) is 16.5 Å². The zero-order chi connectivity index (χ0) is 22.3. The largest absolute Gasteiger partial charge is 0.495 e. The molecular formula is C21H24N6O4S. The van der Waals surface area contributed by atoms with E-state index in [0.717, 1.165) is 17.7 Å². The number of hydrogen-bond acceptors (Lipinski definition) is 8. The highest BCUT2D eigenvalue weighted by Gasteiger charge is 2.24. The second kappa shape index (κ2) is 10.3. The Kier molecular flexibility index (Phi) is 7.07. The Labute approximate surface area is 189 Å². The van der Waals surface area contributed by atoms with Gasteiger partial charge in [0.2, 0.25) is 11.7 Å². The molecule has 1 N–H and O–H groups in total. The number of nitrogens with zero attached hydrogens (tertiary/aromatic N) is 5. The van der Waals surface area contributed by atoms with Gasteiger partial charge in [-0.1, -0.05) is 18.2 Å². The summed E-state index contributed by atoms with van der Waals surface area (Å²) in [6.45, 7) is 0.792. The number of carbonyl (C=O) groups is 2. The van der Waals surface area contributed by atoms with Crippen molar-refractivity contribution >= 4 is 28.8 Å². The predicted molar refractivity (Wildman–Crippen MR) is 118 cm³/mol. The average Bonchev–Trinajstić information content (AvgIpc) is 3.58. The fourth-order valence-corrected chi connectivity index (χ4v) is 4.06. The van der Waals surface area contributed by atoms with E-state index in [1.165, 1.54) is 28.1 Å². The van der Waals surface area contributed by atoms with Crippen LogP contribution in [0.1, 0.15) is 12.8 Å². The molecule has 2 amide bonds. The molecule has 10 nitrogen and oxygen atoms in total. The molecule has 2 aromatic heterocycles. The van der Waals surface area contributed by atoms with E-state index in [0.29, 0.717) is 30.4 Å². The van der Waals surface area contributed by atoms with Crippen LogP contribution in [-0.4, -0.2) is 64.9 Å². The van der Waals surface area contributed by atoms with Crippen LogP contribution in [0.15, 0.2) is 41.8 Å². The van der Waals surface area contributed by atoms with Gasteiger partial charge >= 0.3 is 0 Å². The molecule has 32 heavy (non-hydrogen) atoms. The van der Waals surface area contributed by atoms with E-state index >= 15 is 0 Å². The molecule has 168 valence electrons. The lowest BCUT2D eigenvalue weighted by Gasteiger charge is -2.24. The number of hydrogen-bond donors (Lipinski definition) is 1.